The Balaban J connectivity index is 1.97. The van der Waals surface area contributed by atoms with E-state index in [9.17, 15) is 0 Å². The summed E-state index contributed by atoms with van der Waals surface area (Å²) in [6.45, 7) is 2.16. The Morgan fingerprint density at radius 1 is 1.64 bits per heavy atom. The fourth-order valence-electron chi connectivity index (χ4n) is 1.78. The van der Waals surface area contributed by atoms with Crippen LogP contribution in [0, 0.1) is 0 Å². The van der Waals surface area contributed by atoms with Crippen molar-refractivity contribution in [2.24, 2.45) is 5.73 Å². The lowest BCUT2D eigenvalue weighted by Gasteiger charge is -2.10. The van der Waals surface area contributed by atoms with Gasteiger partial charge in [0.05, 0.1) is 0 Å². The molecule has 4 heteroatoms. The molecule has 0 radical (unpaired) electrons. The van der Waals surface area contributed by atoms with Gasteiger partial charge < -0.3 is 10.3 Å². The van der Waals surface area contributed by atoms with Gasteiger partial charge in [-0.15, -0.1) is 10.2 Å². The van der Waals surface area contributed by atoms with E-state index >= 15 is 0 Å². The monoisotopic (exact) mass is 194 g/mol. The highest BCUT2D eigenvalue weighted by Crippen LogP contribution is 2.35. The predicted molar refractivity (Wildman–Crippen MR) is 54.9 cm³/mol. The first-order valence-corrected chi connectivity index (χ1v) is 5.45. The highest BCUT2D eigenvalue weighted by atomic mass is 15.3. The first-order chi connectivity index (χ1) is 6.81. The summed E-state index contributed by atoms with van der Waals surface area (Å²) in [6, 6.07) is 0.899. The predicted octanol–water partition coefficient (Wildman–Crippen LogP) is 1.28. The summed E-state index contributed by atoms with van der Waals surface area (Å²) in [7, 11) is 0. The summed E-state index contributed by atoms with van der Waals surface area (Å²) >= 11 is 0. The average molecular weight is 194 g/mol. The molecule has 1 aromatic heterocycles. The Labute approximate surface area is 84.5 Å². The maximum absolute atomic E-state index is 5.98. The molecule has 1 aromatic rings. The third-order valence-corrected chi connectivity index (χ3v) is 2.69. The summed E-state index contributed by atoms with van der Waals surface area (Å²) in [5, 5.41) is 8.09. The highest BCUT2D eigenvalue weighted by molar-refractivity contribution is 4.96. The summed E-state index contributed by atoms with van der Waals surface area (Å²) < 4.78 is 2.19. The van der Waals surface area contributed by atoms with E-state index in [-0.39, 0.29) is 6.04 Å². The Bertz CT molecular complexity index is 290. The Kier molecular flexibility index (Phi) is 2.82. The van der Waals surface area contributed by atoms with E-state index in [0.29, 0.717) is 6.04 Å². The molecule has 78 valence electrons. The van der Waals surface area contributed by atoms with Gasteiger partial charge in [-0.05, 0) is 19.3 Å². The van der Waals surface area contributed by atoms with Crippen LogP contribution in [-0.4, -0.2) is 20.8 Å². The lowest BCUT2D eigenvalue weighted by atomic mass is 10.1. The standard InChI is InChI=1S/C10H18N4/c1-2-3-8(11)6-10-13-12-7-14(10)9-4-5-9/h7-9H,2-6,11H2,1H3. The molecule has 14 heavy (non-hydrogen) atoms. The zero-order chi connectivity index (χ0) is 9.97. The van der Waals surface area contributed by atoms with Crippen molar-refractivity contribution in [1.29, 1.82) is 0 Å². The number of nitrogens with zero attached hydrogens (tertiary/aromatic N) is 3. The van der Waals surface area contributed by atoms with Crippen LogP contribution in [0.3, 0.4) is 0 Å². The van der Waals surface area contributed by atoms with Crippen molar-refractivity contribution in [3.05, 3.63) is 12.2 Å². The summed E-state index contributed by atoms with van der Waals surface area (Å²) in [4.78, 5) is 0. The van der Waals surface area contributed by atoms with Crippen molar-refractivity contribution in [3.8, 4) is 0 Å². The van der Waals surface area contributed by atoms with Crippen LogP contribution < -0.4 is 5.73 Å². The van der Waals surface area contributed by atoms with E-state index in [2.05, 4.69) is 21.7 Å². The topological polar surface area (TPSA) is 56.7 Å². The van der Waals surface area contributed by atoms with Crippen LogP contribution >= 0.6 is 0 Å². The van der Waals surface area contributed by atoms with E-state index in [1.165, 1.54) is 12.8 Å². The van der Waals surface area contributed by atoms with E-state index in [1.807, 2.05) is 6.33 Å². The van der Waals surface area contributed by atoms with Gasteiger partial charge in [0.25, 0.3) is 0 Å². The van der Waals surface area contributed by atoms with Crippen molar-refractivity contribution in [3.63, 3.8) is 0 Å². The van der Waals surface area contributed by atoms with E-state index in [4.69, 9.17) is 5.73 Å². The molecular weight excluding hydrogens is 176 g/mol. The van der Waals surface area contributed by atoms with Crippen molar-refractivity contribution < 1.29 is 0 Å². The first-order valence-electron chi connectivity index (χ1n) is 5.45. The maximum atomic E-state index is 5.98. The molecule has 1 aliphatic carbocycles. The molecule has 1 unspecified atom stereocenters. The van der Waals surface area contributed by atoms with Gasteiger partial charge >= 0.3 is 0 Å². The Morgan fingerprint density at radius 2 is 2.43 bits per heavy atom. The molecule has 1 aliphatic rings. The lowest BCUT2D eigenvalue weighted by molar-refractivity contribution is 0.559. The van der Waals surface area contributed by atoms with Gasteiger partial charge in [0.1, 0.15) is 12.2 Å². The zero-order valence-corrected chi connectivity index (χ0v) is 8.69. The van der Waals surface area contributed by atoms with Crippen molar-refractivity contribution in [2.75, 3.05) is 0 Å². The summed E-state index contributed by atoms with van der Waals surface area (Å²) in [5.74, 6) is 1.06. The average Bonchev–Trinajstić information content (AvgIpc) is 2.89. The molecule has 2 N–H and O–H groups in total. The van der Waals surface area contributed by atoms with Crippen LogP contribution in [0.1, 0.15) is 44.5 Å². The largest absolute Gasteiger partial charge is 0.327 e. The maximum Gasteiger partial charge on any atom is 0.134 e. The second kappa shape index (κ2) is 4.09. The van der Waals surface area contributed by atoms with Crippen LogP contribution in [0.25, 0.3) is 0 Å². The number of hydrogen-bond acceptors (Lipinski definition) is 3. The van der Waals surface area contributed by atoms with Crippen LogP contribution in [0.4, 0.5) is 0 Å². The highest BCUT2D eigenvalue weighted by Gasteiger charge is 2.26. The number of hydrogen-bond donors (Lipinski definition) is 1. The molecule has 1 atom stereocenters. The van der Waals surface area contributed by atoms with Crippen molar-refractivity contribution >= 4 is 0 Å². The van der Waals surface area contributed by atoms with Gasteiger partial charge in [-0.25, -0.2) is 0 Å². The van der Waals surface area contributed by atoms with Gasteiger partial charge in [0.15, 0.2) is 0 Å². The molecule has 1 fully saturated rings. The fourth-order valence-corrected chi connectivity index (χ4v) is 1.78. The number of nitrogens with two attached hydrogens (primary N) is 1. The summed E-state index contributed by atoms with van der Waals surface area (Å²) in [5.41, 5.74) is 5.98. The molecule has 0 aliphatic heterocycles. The number of aromatic nitrogens is 3. The molecule has 0 bridgehead atoms. The van der Waals surface area contributed by atoms with Gasteiger partial charge in [-0.2, -0.15) is 0 Å². The van der Waals surface area contributed by atoms with Crippen molar-refractivity contribution in [2.45, 2.75) is 51.1 Å². The minimum atomic E-state index is 0.238. The second-order valence-corrected chi connectivity index (χ2v) is 4.14. The summed E-state index contributed by atoms with van der Waals surface area (Å²) in [6.07, 6.45) is 7.45. The number of rotatable bonds is 5. The van der Waals surface area contributed by atoms with Gasteiger partial charge in [-0.1, -0.05) is 13.3 Å². The molecule has 0 spiro atoms. The molecule has 2 rings (SSSR count). The minimum Gasteiger partial charge on any atom is -0.327 e. The molecule has 1 saturated carbocycles. The lowest BCUT2D eigenvalue weighted by Crippen LogP contribution is -2.24. The molecule has 0 amide bonds. The van der Waals surface area contributed by atoms with Crippen LogP contribution in [0.15, 0.2) is 6.33 Å². The Morgan fingerprint density at radius 3 is 3.07 bits per heavy atom. The zero-order valence-electron chi connectivity index (χ0n) is 8.69. The van der Waals surface area contributed by atoms with E-state index < -0.39 is 0 Å². The molecule has 0 aromatic carbocycles. The SMILES string of the molecule is CCCC(N)Cc1nncn1C1CC1. The van der Waals surface area contributed by atoms with Crippen LogP contribution in [0.2, 0.25) is 0 Å². The van der Waals surface area contributed by atoms with Gasteiger partial charge in [0.2, 0.25) is 0 Å². The fraction of sp³-hybridized carbons (Fsp3) is 0.800. The quantitative estimate of drug-likeness (QED) is 0.768. The normalized spacial score (nSPS) is 18.4. The van der Waals surface area contributed by atoms with Crippen LogP contribution in [-0.2, 0) is 6.42 Å². The van der Waals surface area contributed by atoms with Crippen molar-refractivity contribution in [1.82, 2.24) is 14.8 Å². The first kappa shape index (κ1) is 9.65. The van der Waals surface area contributed by atoms with E-state index in [0.717, 1.165) is 25.1 Å². The van der Waals surface area contributed by atoms with E-state index in [1.54, 1.807) is 0 Å². The molecule has 4 nitrogen and oxygen atoms in total. The van der Waals surface area contributed by atoms with Gasteiger partial charge in [0, 0.05) is 18.5 Å². The second-order valence-electron chi connectivity index (χ2n) is 4.14. The molecular formula is C10H18N4. The smallest absolute Gasteiger partial charge is 0.134 e. The minimum absolute atomic E-state index is 0.238. The third kappa shape index (κ3) is 2.12. The Hall–Kier alpha value is -0.900. The third-order valence-electron chi connectivity index (χ3n) is 2.69. The van der Waals surface area contributed by atoms with Crippen LogP contribution in [0.5, 0.6) is 0 Å². The molecule has 1 heterocycles. The molecule has 0 saturated heterocycles. The van der Waals surface area contributed by atoms with Gasteiger partial charge in [-0.3, -0.25) is 0 Å².